The van der Waals surface area contributed by atoms with Gasteiger partial charge >= 0.3 is 5.97 Å². The van der Waals surface area contributed by atoms with Crippen molar-refractivity contribution in [3.63, 3.8) is 0 Å². The summed E-state index contributed by atoms with van der Waals surface area (Å²) in [6.45, 7) is 3.33. The summed E-state index contributed by atoms with van der Waals surface area (Å²) in [6.07, 6.45) is 1.61. The lowest BCUT2D eigenvalue weighted by Crippen LogP contribution is -2.05. The van der Waals surface area contributed by atoms with Crippen LogP contribution in [0.15, 0.2) is 0 Å². The van der Waals surface area contributed by atoms with E-state index in [4.69, 9.17) is 0 Å². The highest BCUT2D eigenvalue weighted by molar-refractivity contribution is 7.80. The normalized spacial score (nSPS) is 8.67. The molecule has 0 atom stereocenters. The molecule has 9 heavy (non-hydrogen) atoms. The molecule has 0 N–H and O–H groups in total. The molecule has 0 aliphatic carbocycles. The largest absolute Gasteiger partial charge is 0.419 e. The summed E-state index contributed by atoms with van der Waals surface area (Å²) in [4.78, 5) is 10.2. The van der Waals surface area contributed by atoms with Crippen LogP contribution in [0.4, 0.5) is 0 Å². The van der Waals surface area contributed by atoms with Crippen LogP contribution < -0.4 is 0 Å². The highest BCUT2D eigenvalue weighted by Crippen LogP contribution is 1.93. The molecule has 0 saturated carbocycles. The predicted octanol–water partition coefficient (Wildman–Crippen LogP) is 1.68. The first-order chi connectivity index (χ1) is 4.16. The van der Waals surface area contributed by atoms with E-state index in [0.29, 0.717) is 11.5 Å². The van der Waals surface area contributed by atoms with E-state index in [9.17, 15) is 4.79 Å². The van der Waals surface area contributed by atoms with E-state index in [0.717, 1.165) is 6.42 Å². The third-order valence-corrected chi connectivity index (χ3v) is 0.999. The zero-order valence-corrected chi connectivity index (χ0v) is 6.46. The molecule has 0 bridgehead atoms. The Balaban J connectivity index is 3.39. The zero-order chi connectivity index (χ0) is 7.28. The van der Waals surface area contributed by atoms with Gasteiger partial charge in [0.05, 0.1) is 0 Å². The molecular formula is C6H10O2S. The van der Waals surface area contributed by atoms with E-state index in [2.05, 4.69) is 17.0 Å². The lowest BCUT2D eigenvalue weighted by molar-refractivity contribution is -0.132. The molecule has 0 spiro atoms. The number of thiocarbonyl (C=S) groups is 1. The number of ether oxygens (including phenoxy) is 1. The molecule has 0 rings (SSSR count). The maximum Gasteiger partial charge on any atom is 0.308 e. The first-order valence-electron chi connectivity index (χ1n) is 2.88. The number of carbonyl (C=O) groups is 1. The van der Waals surface area contributed by atoms with Gasteiger partial charge in [-0.25, -0.2) is 0 Å². The second-order valence-corrected chi connectivity index (χ2v) is 2.17. The highest BCUT2D eigenvalue weighted by Gasteiger charge is 1.97. The molecule has 3 heteroatoms. The first kappa shape index (κ1) is 8.56. The van der Waals surface area contributed by atoms with Gasteiger partial charge in [-0.3, -0.25) is 4.79 Å². The molecule has 0 radical (unpaired) electrons. The quantitative estimate of drug-likeness (QED) is 0.438. The predicted molar refractivity (Wildman–Crippen MR) is 39.3 cm³/mol. The Kier molecular flexibility index (Phi) is 4.22. The fourth-order valence-electron chi connectivity index (χ4n) is 0.415. The Morgan fingerprint density at radius 3 is 2.56 bits per heavy atom. The lowest BCUT2D eigenvalue weighted by atomic mass is 10.4. The summed E-state index contributed by atoms with van der Waals surface area (Å²) >= 11 is 4.69. The smallest absolute Gasteiger partial charge is 0.308 e. The number of rotatable bonds is 2. The molecule has 0 aromatic heterocycles. The van der Waals surface area contributed by atoms with Gasteiger partial charge in [0.1, 0.15) is 0 Å². The van der Waals surface area contributed by atoms with Crippen molar-refractivity contribution in [1.29, 1.82) is 0 Å². The van der Waals surface area contributed by atoms with Gasteiger partial charge in [-0.15, -0.1) is 0 Å². The second kappa shape index (κ2) is 4.44. The second-order valence-electron chi connectivity index (χ2n) is 1.72. The Hall–Kier alpha value is -0.440. The van der Waals surface area contributed by atoms with E-state index in [1.54, 1.807) is 0 Å². The van der Waals surface area contributed by atoms with Crippen molar-refractivity contribution in [3.8, 4) is 0 Å². The Labute approximate surface area is 60.2 Å². The third-order valence-electron chi connectivity index (χ3n) is 0.712. The minimum Gasteiger partial charge on any atom is -0.419 e. The monoisotopic (exact) mass is 146 g/mol. The average molecular weight is 146 g/mol. The van der Waals surface area contributed by atoms with Gasteiger partial charge < -0.3 is 4.74 Å². The number of carbonyl (C=O) groups excluding carboxylic acids is 1. The molecule has 0 unspecified atom stereocenters. The van der Waals surface area contributed by atoms with Crippen LogP contribution in [0.2, 0.25) is 0 Å². The molecule has 0 amide bonds. The van der Waals surface area contributed by atoms with Crippen molar-refractivity contribution in [2.75, 3.05) is 0 Å². The fraction of sp³-hybridized carbons (Fsp3) is 0.667. The topological polar surface area (TPSA) is 26.3 Å². The highest BCUT2D eigenvalue weighted by atomic mass is 32.1. The van der Waals surface area contributed by atoms with Gasteiger partial charge in [-0.2, -0.15) is 0 Å². The first-order valence-corrected chi connectivity index (χ1v) is 3.29. The molecule has 0 heterocycles. The third kappa shape index (κ3) is 5.43. The van der Waals surface area contributed by atoms with Crippen LogP contribution in [0.3, 0.4) is 0 Å². The van der Waals surface area contributed by atoms with Crippen LogP contribution in [0.1, 0.15) is 26.7 Å². The van der Waals surface area contributed by atoms with Crippen LogP contribution in [-0.2, 0) is 9.53 Å². The van der Waals surface area contributed by atoms with Crippen molar-refractivity contribution >= 4 is 23.2 Å². The molecule has 2 nitrogen and oxygen atoms in total. The van der Waals surface area contributed by atoms with Crippen molar-refractivity contribution in [2.24, 2.45) is 0 Å². The minimum atomic E-state index is -0.326. The van der Waals surface area contributed by atoms with Crippen LogP contribution >= 0.6 is 12.2 Å². The van der Waals surface area contributed by atoms with Gasteiger partial charge in [-0.05, 0) is 18.6 Å². The summed E-state index contributed by atoms with van der Waals surface area (Å²) in [5.41, 5.74) is 0. The summed E-state index contributed by atoms with van der Waals surface area (Å²) in [5.74, 6) is -0.326. The fourth-order valence-corrected chi connectivity index (χ4v) is 0.737. The van der Waals surface area contributed by atoms with Gasteiger partial charge in [0.15, 0.2) is 5.05 Å². The molecule has 52 valence electrons. The maximum absolute atomic E-state index is 10.2. The molecule has 0 fully saturated rings. The lowest BCUT2D eigenvalue weighted by Gasteiger charge is -1.98. The van der Waals surface area contributed by atoms with E-state index < -0.39 is 0 Å². The number of hydrogen-bond acceptors (Lipinski definition) is 3. The van der Waals surface area contributed by atoms with E-state index in [1.165, 1.54) is 6.92 Å². The summed E-state index contributed by atoms with van der Waals surface area (Å²) < 4.78 is 4.58. The van der Waals surface area contributed by atoms with Crippen LogP contribution in [0.25, 0.3) is 0 Å². The zero-order valence-electron chi connectivity index (χ0n) is 5.64. The van der Waals surface area contributed by atoms with Gasteiger partial charge in [-0.1, -0.05) is 6.92 Å². The molecule has 0 aromatic rings. The van der Waals surface area contributed by atoms with E-state index in [-0.39, 0.29) is 5.97 Å². The molecule has 0 aliphatic heterocycles. The van der Waals surface area contributed by atoms with Gasteiger partial charge in [0, 0.05) is 13.3 Å². The van der Waals surface area contributed by atoms with Crippen LogP contribution in [0.5, 0.6) is 0 Å². The minimum absolute atomic E-state index is 0.326. The number of hydrogen-bond donors (Lipinski definition) is 0. The van der Waals surface area contributed by atoms with E-state index in [1.807, 2.05) is 6.92 Å². The standard InChI is InChI=1S/C6H10O2S/c1-3-4-6(9)8-5(2)7/h3-4H2,1-2H3. The molecule has 0 aliphatic rings. The average Bonchev–Trinajstić information content (AvgIpc) is 1.63. The molecule has 0 saturated heterocycles. The summed E-state index contributed by atoms with van der Waals surface area (Å²) in [6, 6.07) is 0. The van der Waals surface area contributed by atoms with Crippen molar-refractivity contribution in [1.82, 2.24) is 0 Å². The van der Waals surface area contributed by atoms with Crippen molar-refractivity contribution in [3.05, 3.63) is 0 Å². The Morgan fingerprint density at radius 2 is 2.22 bits per heavy atom. The summed E-state index contributed by atoms with van der Waals surface area (Å²) in [7, 11) is 0. The van der Waals surface area contributed by atoms with Crippen molar-refractivity contribution < 1.29 is 9.53 Å². The molecule has 0 aromatic carbocycles. The Bertz CT molecular complexity index is 120. The van der Waals surface area contributed by atoms with Gasteiger partial charge in [0.25, 0.3) is 0 Å². The maximum atomic E-state index is 10.2. The Morgan fingerprint density at radius 1 is 1.67 bits per heavy atom. The van der Waals surface area contributed by atoms with Gasteiger partial charge in [0.2, 0.25) is 0 Å². The van der Waals surface area contributed by atoms with E-state index >= 15 is 0 Å². The number of esters is 1. The SMILES string of the molecule is CCCC(=S)OC(C)=O. The van der Waals surface area contributed by atoms with Crippen LogP contribution in [0, 0.1) is 0 Å². The molecular weight excluding hydrogens is 136 g/mol. The summed E-state index contributed by atoms with van der Waals surface area (Å²) in [5, 5.41) is 0.394. The van der Waals surface area contributed by atoms with Crippen molar-refractivity contribution in [2.45, 2.75) is 26.7 Å². The van der Waals surface area contributed by atoms with Crippen LogP contribution in [-0.4, -0.2) is 11.0 Å².